The lowest BCUT2D eigenvalue weighted by Gasteiger charge is -2.34. The fourth-order valence-corrected chi connectivity index (χ4v) is 3.20. The number of amides is 2. The summed E-state index contributed by atoms with van der Waals surface area (Å²) in [6.45, 7) is 6.85. The van der Waals surface area contributed by atoms with Crippen molar-refractivity contribution in [1.29, 1.82) is 0 Å². The van der Waals surface area contributed by atoms with E-state index < -0.39 is 0 Å². The Kier molecular flexibility index (Phi) is 5.14. The molecule has 2 fully saturated rings. The maximum atomic E-state index is 12.9. The van der Waals surface area contributed by atoms with Crippen LogP contribution in [0.5, 0.6) is 0 Å². The Hall–Kier alpha value is -1.95. The van der Waals surface area contributed by atoms with Gasteiger partial charge in [0, 0.05) is 32.7 Å². The van der Waals surface area contributed by atoms with Crippen LogP contribution in [0.3, 0.4) is 0 Å². The summed E-state index contributed by atoms with van der Waals surface area (Å²) >= 11 is 0. The molecule has 1 aliphatic carbocycles. The molecule has 1 N–H and O–H groups in total. The molecule has 0 spiro atoms. The fourth-order valence-electron chi connectivity index (χ4n) is 3.20. The van der Waals surface area contributed by atoms with Crippen molar-refractivity contribution in [3.63, 3.8) is 0 Å². The summed E-state index contributed by atoms with van der Waals surface area (Å²) in [6.07, 6.45) is 0.641. The SMILES string of the molecule is CCN1CCN(C(=O)C2CC2C(=O)NCc2ccc(F)cc2)CC1. The van der Waals surface area contributed by atoms with Crippen LogP contribution in [-0.4, -0.2) is 54.3 Å². The first-order valence-corrected chi connectivity index (χ1v) is 8.61. The molecular weight excluding hydrogens is 309 g/mol. The third kappa shape index (κ3) is 3.93. The van der Waals surface area contributed by atoms with E-state index in [1.807, 2.05) is 4.90 Å². The number of carbonyl (C=O) groups excluding carboxylic acids is 2. The van der Waals surface area contributed by atoms with Gasteiger partial charge in [0.15, 0.2) is 0 Å². The third-order valence-corrected chi connectivity index (χ3v) is 4.96. The Morgan fingerprint density at radius 3 is 2.42 bits per heavy atom. The van der Waals surface area contributed by atoms with Crippen molar-refractivity contribution in [1.82, 2.24) is 15.1 Å². The predicted octanol–water partition coefficient (Wildman–Crippen LogP) is 1.24. The quantitative estimate of drug-likeness (QED) is 0.882. The first kappa shape index (κ1) is 16.9. The largest absolute Gasteiger partial charge is 0.352 e. The number of nitrogens with one attached hydrogen (secondary N) is 1. The van der Waals surface area contributed by atoms with Gasteiger partial charge in [0.25, 0.3) is 0 Å². The number of hydrogen-bond donors (Lipinski definition) is 1. The molecule has 0 radical (unpaired) electrons. The van der Waals surface area contributed by atoms with Crippen LogP contribution in [0.2, 0.25) is 0 Å². The second-order valence-electron chi connectivity index (χ2n) is 6.55. The van der Waals surface area contributed by atoms with Crippen LogP contribution in [0.25, 0.3) is 0 Å². The second-order valence-corrected chi connectivity index (χ2v) is 6.55. The third-order valence-electron chi connectivity index (χ3n) is 4.96. The monoisotopic (exact) mass is 333 g/mol. The number of piperazine rings is 1. The molecule has 1 heterocycles. The highest BCUT2D eigenvalue weighted by molar-refractivity contribution is 5.92. The first-order chi connectivity index (χ1) is 11.6. The van der Waals surface area contributed by atoms with Gasteiger partial charge in [-0.25, -0.2) is 4.39 Å². The molecular formula is C18H24FN3O2. The average molecular weight is 333 g/mol. The van der Waals surface area contributed by atoms with E-state index in [-0.39, 0.29) is 29.5 Å². The van der Waals surface area contributed by atoms with E-state index in [2.05, 4.69) is 17.1 Å². The standard InChI is InChI=1S/C18H24FN3O2/c1-2-21-7-9-22(10-8-21)18(24)16-11-15(16)17(23)20-12-13-3-5-14(19)6-4-13/h3-6,15-16H,2,7-12H2,1H3,(H,20,23). The Balaban J connectivity index is 1.43. The number of rotatable bonds is 5. The van der Waals surface area contributed by atoms with Crippen LogP contribution in [0.4, 0.5) is 4.39 Å². The van der Waals surface area contributed by atoms with Gasteiger partial charge in [0.05, 0.1) is 11.8 Å². The summed E-state index contributed by atoms with van der Waals surface area (Å²) in [5.74, 6) is -0.618. The normalized spacial score (nSPS) is 23.8. The van der Waals surface area contributed by atoms with Crippen molar-refractivity contribution in [2.75, 3.05) is 32.7 Å². The Morgan fingerprint density at radius 1 is 1.12 bits per heavy atom. The molecule has 1 aromatic rings. The van der Waals surface area contributed by atoms with Gasteiger partial charge < -0.3 is 15.1 Å². The molecule has 2 aliphatic rings. The van der Waals surface area contributed by atoms with E-state index in [1.165, 1.54) is 12.1 Å². The van der Waals surface area contributed by atoms with Crippen LogP contribution in [0.1, 0.15) is 18.9 Å². The molecule has 5 nitrogen and oxygen atoms in total. The van der Waals surface area contributed by atoms with E-state index in [1.54, 1.807) is 12.1 Å². The summed E-state index contributed by atoms with van der Waals surface area (Å²) in [4.78, 5) is 28.9. The highest BCUT2D eigenvalue weighted by Crippen LogP contribution is 2.40. The lowest BCUT2D eigenvalue weighted by molar-refractivity contribution is -0.136. The van der Waals surface area contributed by atoms with Crippen molar-refractivity contribution in [3.8, 4) is 0 Å². The lowest BCUT2D eigenvalue weighted by atomic mass is 10.2. The highest BCUT2D eigenvalue weighted by atomic mass is 19.1. The highest BCUT2D eigenvalue weighted by Gasteiger charge is 2.49. The summed E-state index contributed by atoms with van der Waals surface area (Å²) in [5, 5.41) is 2.84. The van der Waals surface area contributed by atoms with Gasteiger partial charge in [-0.15, -0.1) is 0 Å². The molecule has 1 aliphatic heterocycles. The number of benzene rings is 1. The van der Waals surface area contributed by atoms with Gasteiger partial charge >= 0.3 is 0 Å². The summed E-state index contributed by atoms with van der Waals surface area (Å²) < 4.78 is 12.9. The molecule has 1 saturated carbocycles. The average Bonchev–Trinajstić information content (AvgIpc) is 3.41. The van der Waals surface area contributed by atoms with E-state index in [0.29, 0.717) is 13.0 Å². The minimum absolute atomic E-state index is 0.0788. The Labute approximate surface area is 141 Å². The summed E-state index contributed by atoms with van der Waals surface area (Å²) in [5.41, 5.74) is 0.851. The van der Waals surface area contributed by atoms with Gasteiger partial charge in [-0.3, -0.25) is 9.59 Å². The van der Waals surface area contributed by atoms with Crippen LogP contribution in [-0.2, 0) is 16.1 Å². The maximum Gasteiger partial charge on any atom is 0.226 e. The van der Waals surface area contributed by atoms with E-state index in [9.17, 15) is 14.0 Å². The van der Waals surface area contributed by atoms with E-state index in [0.717, 1.165) is 38.3 Å². The predicted molar refractivity (Wildman–Crippen MR) is 88.5 cm³/mol. The van der Waals surface area contributed by atoms with Crippen molar-refractivity contribution in [2.45, 2.75) is 19.9 Å². The maximum absolute atomic E-state index is 12.9. The van der Waals surface area contributed by atoms with Crippen LogP contribution < -0.4 is 5.32 Å². The van der Waals surface area contributed by atoms with Crippen molar-refractivity contribution < 1.29 is 14.0 Å². The van der Waals surface area contributed by atoms with Crippen molar-refractivity contribution >= 4 is 11.8 Å². The summed E-state index contributed by atoms with van der Waals surface area (Å²) in [7, 11) is 0. The summed E-state index contributed by atoms with van der Waals surface area (Å²) in [6, 6.07) is 6.05. The molecule has 0 bridgehead atoms. The molecule has 2 atom stereocenters. The number of halogens is 1. The molecule has 1 aromatic carbocycles. The molecule has 1 saturated heterocycles. The number of likely N-dealkylation sites (N-methyl/N-ethyl adjacent to an activating group) is 1. The van der Waals surface area contributed by atoms with Crippen molar-refractivity contribution in [2.24, 2.45) is 11.8 Å². The van der Waals surface area contributed by atoms with Crippen molar-refractivity contribution in [3.05, 3.63) is 35.6 Å². The number of nitrogens with zero attached hydrogens (tertiary/aromatic N) is 2. The molecule has 3 rings (SSSR count). The lowest BCUT2D eigenvalue weighted by Crippen LogP contribution is -2.49. The van der Waals surface area contributed by atoms with Gasteiger partial charge in [-0.05, 0) is 30.7 Å². The van der Waals surface area contributed by atoms with Gasteiger partial charge in [0.2, 0.25) is 11.8 Å². The molecule has 0 aromatic heterocycles. The molecule has 2 unspecified atom stereocenters. The molecule has 2 amide bonds. The fraction of sp³-hybridized carbons (Fsp3) is 0.556. The van der Waals surface area contributed by atoms with E-state index in [4.69, 9.17) is 0 Å². The van der Waals surface area contributed by atoms with Gasteiger partial charge in [-0.2, -0.15) is 0 Å². The molecule has 24 heavy (non-hydrogen) atoms. The smallest absolute Gasteiger partial charge is 0.226 e. The van der Waals surface area contributed by atoms with Crippen LogP contribution in [0.15, 0.2) is 24.3 Å². The van der Waals surface area contributed by atoms with E-state index >= 15 is 0 Å². The zero-order valence-electron chi connectivity index (χ0n) is 14.0. The topological polar surface area (TPSA) is 52.7 Å². The zero-order chi connectivity index (χ0) is 17.1. The van der Waals surface area contributed by atoms with Gasteiger partial charge in [0.1, 0.15) is 5.82 Å². The minimum atomic E-state index is -0.291. The second kappa shape index (κ2) is 7.30. The zero-order valence-corrected chi connectivity index (χ0v) is 14.0. The number of hydrogen-bond acceptors (Lipinski definition) is 3. The molecule has 6 heteroatoms. The minimum Gasteiger partial charge on any atom is -0.352 e. The van der Waals surface area contributed by atoms with Crippen LogP contribution >= 0.6 is 0 Å². The Morgan fingerprint density at radius 2 is 1.79 bits per heavy atom. The number of carbonyl (C=O) groups is 2. The van der Waals surface area contributed by atoms with Gasteiger partial charge in [-0.1, -0.05) is 19.1 Å². The Bertz CT molecular complexity index is 597. The first-order valence-electron chi connectivity index (χ1n) is 8.61. The van der Waals surface area contributed by atoms with Crippen LogP contribution in [0, 0.1) is 17.7 Å². The molecule has 130 valence electrons.